The molecule has 18 heavy (non-hydrogen) atoms. The van der Waals surface area contributed by atoms with Crippen molar-refractivity contribution in [2.45, 2.75) is 31.8 Å². The van der Waals surface area contributed by atoms with Crippen LogP contribution in [0.5, 0.6) is 0 Å². The van der Waals surface area contributed by atoms with Crippen molar-refractivity contribution in [2.24, 2.45) is 5.92 Å². The van der Waals surface area contributed by atoms with Gasteiger partial charge in [-0.15, -0.1) is 0 Å². The third-order valence-electron chi connectivity index (χ3n) is 4.13. The first kappa shape index (κ1) is 13.6. The maximum Gasteiger partial charge on any atom is 0.317 e. The number of nitrogens with one attached hydrogen (secondary N) is 1. The van der Waals surface area contributed by atoms with E-state index in [0.717, 1.165) is 38.3 Å². The second kappa shape index (κ2) is 5.89. The van der Waals surface area contributed by atoms with Crippen molar-refractivity contribution in [3.8, 4) is 0 Å². The van der Waals surface area contributed by atoms with Gasteiger partial charge in [0, 0.05) is 33.2 Å². The molecule has 1 unspecified atom stereocenters. The summed E-state index contributed by atoms with van der Waals surface area (Å²) in [6.07, 6.45) is 3.05. The van der Waals surface area contributed by atoms with Crippen LogP contribution in [0.25, 0.3) is 0 Å². The van der Waals surface area contributed by atoms with Crippen LogP contribution < -0.4 is 5.32 Å². The zero-order valence-corrected chi connectivity index (χ0v) is 11.4. The van der Waals surface area contributed by atoms with Gasteiger partial charge in [0.1, 0.15) is 5.60 Å². The number of rotatable bonds is 3. The Labute approximate surface area is 109 Å². The predicted octanol–water partition coefficient (Wildman–Crippen LogP) is 1.23. The fourth-order valence-corrected chi connectivity index (χ4v) is 2.52. The van der Waals surface area contributed by atoms with Crippen molar-refractivity contribution in [1.29, 1.82) is 0 Å². The first-order chi connectivity index (χ1) is 8.65. The Kier molecular flexibility index (Phi) is 4.45. The summed E-state index contributed by atoms with van der Waals surface area (Å²) in [7, 11) is 1.68. The van der Waals surface area contributed by atoms with Crippen molar-refractivity contribution in [3.05, 3.63) is 0 Å². The Morgan fingerprint density at radius 1 is 1.50 bits per heavy atom. The van der Waals surface area contributed by atoms with E-state index in [1.54, 1.807) is 7.11 Å². The minimum atomic E-state index is -0.321. The molecule has 0 saturated carbocycles. The maximum absolute atomic E-state index is 12.0. The van der Waals surface area contributed by atoms with Gasteiger partial charge in [-0.25, -0.2) is 4.79 Å². The summed E-state index contributed by atoms with van der Waals surface area (Å²) in [5.41, 5.74) is -0.321. The van der Waals surface area contributed by atoms with Crippen LogP contribution >= 0.6 is 0 Å². The number of hydrogen-bond donors (Lipinski definition) is 1. The molecule has 2 amide bonds. The van der Waals surface area contributed by atoms with Gasteiger partial charge in [0.25, 0.3) is 0 Å². The normalized spacial score (nSPS) is 29.6. The van der Waals surface area contributed by atoms with Gasteiger partial charge in [-0.3, -0.25) is 0 Å². The standard InChI is InChI=1S/C13H24N2O3/c1-11-3-6-15(7-4-11)12(16)14-9-13(17-2)5-8-18-10-13/h11H,3-10H2,1-2H3,(H,14,16). The molecule has 2 saturated heterocycles. The van der Waals surface area contributed by atoms with Crippen LogP contribution in [0.15, 0.2) is 0 Å². The van der Waals surface area contributed by atoms with E-state index in [0.29, 0.717) is 19.8 Å². The van der Waals surface area contributed by atoms with Crippen LogP contribution in [0.4, 0.5) is 4.79 Å². The molecule has 2 heterocycles. The summed E-state index contributed by atoms with van der Waals surface area (Å²) < 4.78 is 10.8. The lowest BCUT2D eigenvalue weighted by Crippen LogP contribution is -2.50. The van der Waals surface area contributed by atoms with Gasteiger partial charge in [0.2, 0.25) is 0 Å². The molecule has 104 valence electrons. The Balaban J connectivity index is 1.77. The predicted molar refractivity (Wildman–Crippen MR) is 68.5 cm³/mol. The van der Waals surface area contributed by atoms with E-state index in [4.69, 9.17) is 9.47 Å². The van der Waals surface area contributed by atoms with Gasteiger partial charge in [-0.1, -0.05) is 6.92 Å². The molecule has 0 radical (unpaired) electrons. The average molecular weight is 256 g/mol. The van der Waals surface area contributed by atoms with Crippen LogP contribution in [0, 0.1) is 5.92 Å². The minimum Gasteiger partial charge on any atom is -0.378 e. The molecule has 0 aromatic heterocycles. The fraction of sp³-hybridized carbons (Fsp3) is 0.923. The molecule has 1 N–H and O–H groups in total. The molecule has 0 aromatic carbocycles. The lowest BCUT2D eigenvalue weighted by atomic mass is 9.99. The molecule has 1 atom stereocenters. The lowest BCUT2D eigenvalue weighted by molar-refractivity contribution is -0.0146. The second-order valence-corrected chi connectivity index (χ2v) is 5.52. The summed E-state index contributed by atoms with van der Waals surface area (Å²) in [4.78, 5) is 13.9. The molecule has 0 spiro atoms. The van der Waals surface area contributed by atoms with E-state index < -0.39 is 0 Å². The van der Waals surface area contributed by atoms with Gasteiger partial charge in [-0.2, -0.15) is 0 Å². The zero-order chi connectivity index (χ0) is 13.0. The summed E-state index contributed by atoms with van der Waals surface area (Å²) >= 11 is 0. The third-order valence-corrected chi connectivity index (χ3v) is 4.13. The smallest absolute Gasteiger partial charge is 0.317 e. The highest BCUT2D eigenvalue weighted by atomic mass is 16.5. The van der Waals surface area contributed by atoms with Gasteiger partial charge < -0.3 is 19.7 Å². The fourth-order valence-electron chi connectivity index (χ4n) is 2.52. The number of ether oxygens (including phenoxy) is 2. The van der Waals surface area contributed by atoms with Crippen LogP contribution in [-0.2, 0) is 9.47 Å². The van der Waals surface area contributed by atoms with Gasteiger partial charge in [0.15, 0.2) is 0 Å². The summed E-state index contributed by atoms with van der Waals surface area (Å²) in [5, 5.41) is 2.98. The largest absolute Gasteiger partial charge is 0.378 e. The monoisotopic (exact) mass is 256 g/mol. The highest BCUT2D eigenvalue weighted by Crippen LogP contribution is 2.22. The van der Waals surface area contributed by atoms with Gasteiger partial charge in [-0.05, 0) is 18.8 Å². The maximum atomic E-state index is 12.0. The van der Waals surface area contributed by atoms with Gasteiger partial charge in [0.05, 0.1) is 13.2 Å². The molecule has 2 fully saturated rings. The van der Waals surface area contributed by atoms with Crippen LogP contribution in [-0.4, -0.2) is 56.5 Å². The molecular formula is C13H24N2O3. The summed E-state index contributed by atoms with van der Waals surface area (Å²) in [6, 6.07) is 0.0326. The van der Waals surface area contributed by atoms with Crippen molar-refractivity contribution in [3.63, 3.8) is 0 Å². The minimum absolute atomic E-state index is 0.0326. The van der Waals surface area contributed by atoms with Crippen molar-refractivity contribution < 1.29 is 14.3 Å². The van der Waals surface area contributed by atoms with Crippen LogP contribution in [0.2, 0.25) is 0 Å². The number of amides is 2. The SMILES string of the molecule is COC1(CNC(=O)N2CCC(C)CC2)CCOC1. The number of hydrogen-bond acceptors (Lipinski definition) is 3. The summed E-state index contributed by atoms with van der Waals surface area (Å²) in [6.45, 7) is 5.79. The number of urea groups is 1. The van der Waals surface area contributed by atoms with Gasteiger partial charge >= 0.3 is 6.03 Å². The second-order valence-electron chi connectivity index (χ2n) is 5.52. The van der Waals surface area contributed by atoms with E-state index >= 15 is 0 Å². The highest BCUT2D eigenvalue weighted by molar-refractivity contribution is 5.74. The zero-order valence-electron chi connectivity index (χ0n) is 11.4. The molecule has 2 rings (SSSR count). The molecule has 0 aliphatic carbocycles. The number of nitrogens with zero attached hydrogens (tertiary/aromatic N) is 1. The topological polar surface area (TPSA) is 50.8 Å². The third kappa shape index (κ3) is 3.14. The number of methoxy groups -OCH3 is 1. The Morgan fingerprint density at radius 2 is 2.22 bits per heavy atom. The molecule has 2 aliphatic heterocycles. The van der Waals surface area contributed by atoms with E-state index in [2.05, 4.69) is 12.2 Å². The van der Waals surface area contributed by atoms with Crippen molar-refractivity contribution in [1.82, 2.24) is 10.2 Å². The quantitative estimate of drug-likeness (QED) is 0.826. The number of likely N-dealkylation sites (tertiary alicyclic amines) is 1. The van der Waals surface area contributed by atoms with E-state index in [1.165, 1.54) is 0 Å². The first-order valence-corrected chi connectivity index (χ1v) is 6.81. The molecule has 5 nitrogen and oxygen atoms in total. The van der Waals surface area contributed by atoms with E-state index in [1.807, 2.05) is 4.90 Å². The first-order valence-electron chi connectivity index (χ1n) is 6.81. The van der Waals surface area contributed by atoms with Crippen LogP contribution in [0.1, 0.15) is 26.2 Å². The van der Waals surface area contributed by atoms with Crippen molar-refractivity contribution in [2.75, 3.05) is 40.0 Å². The summed E-state index contributed by atoms with van der Waals surface area (Å²) in [5.74, 6) is 0.739. The van der Waals surface area contributed by atoms with Crippen molar-refractivity contribution >= 4 is 6.03 Å². The lowest BCUT2D eigenvalue weighted by Gasteiger charge is -2.32. The molecule has 2 aliphatic rings. The molecule has 0 aromatic rings. The Hall–Kier alpha value is -0.810. The molecular weight excluding hydrogens is 232 g/mol. The highest BCUT2D eigenvalue weighted by Gasteiger charge is 2.35. The van der Waals surface area contributed by atoms with Crippen LogP contribution in [0.3, 0.4) is 0 Å². The molecule has 5 heteroatoms. The Morgan fingerprint density at radius 3 is 2.78 bits per heavy atom. The number of carbonyl (C=O) groups is 1. The van der Waals surface area contributed by atoms with E-state index in [-0.39, 0.29) is 11.6 Å². The average Bonchev–Trinajstić information content (AvgIpc) is 2.86. The number of carbonyl (C=O) groups excluding carboxylic acids is 1. The molecule has 0 bridgehead atoms. The number of piperidine rings is 1. The van der Waals surface area contributed by atoms with E-state index in [9.17, 15) is 4.79 Å². The Bertz CT molecular complexity index is 282.